The van der Waals surface area contributed by atoms with Gasteiger partial charge in [-0.1, -0.05) is 68.4 Å². The molecule has 2 atom stereocenters. The van der Waals surface area contributed by atoms with Crippen molar-refractivity contribution in [3.63, 3.8) is 0 Å². The zero-order valence-electron chi connectivity index (χ0n) is 22.1. The van der Waals surface area contributed by atoms with Crippen LogP contribution in [0.4, 0.5) is 14.5 Å². The van der Waals surface area contributed by atoms with Crippen molar-refractivity contribution in [3.8, 4) is 11.1 Å². The van der Waals surface area contributed by atoms with Gasteiger partial charge in [-0.2, -0.15) is 13.9 Å². The van der Waals surface area contributed by atoms with E-state index in [-0.39, 0.29) is 12.1 Å². The van der Waals surface area contributed by atoms with Crippen LogP contribution in [0.2, 0.25) is 0 Å². The number of alkyl halides is 2. The third kappa shape index (κ3) is 5.48. The molecule has 200 valence electrons. The minimum Gasteiger partial charge on any atom is -0.478 e. The second-order valence-electron chi connectivity index (χ2n) is 10.3. The number of benzene rings is 3. The van der Waals surface area contributed by atoms with Gasteiger partial charge in [0.25, 0.3) is 0 Å². The molecule has 0 spiro atoms. The molecule has 0 fully saturated rings. The van der Waals surface area contributed by atoms with Crippen LogP contribution in [0.1, 0.15) is 67.1 Å². The molecule has 1 aliphatic rings. The maximum absolute atomic E-state index is 13.1. The molecule has 1 aromatic heterocycles. The minimum absolute atomic E-state index is 0.0796. The standard InChI is InChI=1S/C32H31F2N3O2/c1-20(2)23-9-12-28(13-10-23)37-21(3)16-26-17-25(27-18-35-36(19-27)32(33)34)11-14-29(26)31(37)24-7-4-22(5-8-24)6-15-30(38)39/h4-15,17-21,31-32H,16H2,1-3H3,(H,38,39)/b15-6+/t21-,31-/m0/s1. The first-order valence-electron chi connectivity index (χ1n) is 13.1. The van der Waals surface area contributed by atoms with Crippen molar-refractivity contribution >= 4 is 17.7 Å². The van der Waals surface area contributed by atoms with Gasteiger partial charge in [0.05, 0.1) is 12.2 Å². The van der Waals surface area contributed by atoms with Gasteiger partial charge in [0.1, 0.15) is 0 Å². The quantitative estimate of drug-likeness (QED) is 0.250. The van der Waals surface area contributed by atoms with Crippen LogP contribution in [0, 0.1) is 0 Å². The fourth-order valence-electron chi connectivity index (χ4n) is 5.38. The number of aliphatic carboxylic acids is 1. The van der Waals surface area contributed by atoms with E-state index < -0.39 is 12.5 Å². The smallest absolute Gasteiger partial charge is 0.333 e. The van der Waals surface area contributed by atoms with Crippen molar-refractivity contribution in [2.24, 2.45) is 0 Å². The third-order valence-corrected chi connectivity index (χ3v) is 7.37. The van der Waals surface area contributed by atoms with E-state index in [4.69, 9.17) is 5.11 Å². The highest BCUT2D eigenvalue weighted by Gasteiger charge is 2.33. The summed E-state index contributed by atoms with van der Waals surface area (Å²) in [5.74, 6) is -0.548. The molecule has 0 radical (unpaired) electrons. The summed E-state index contributed by atoms with van der Waals surface area (Å²) >= 11 is 0. The number of fused-ring (bicyclic) bond motifs is 1. The van der Waals surface area contributed by atoms with Gasteiger partial charge in [0.2, 0.25) is 0 Å². The summed E-state index contributed by atoms with van der Waals surface area (Å²) in [6, 6.07) is 22.9. The van der Waals surface area contributed by atoms with Gasteiger partial charge in [-0.05, 0) is 70.9 Å². The zero-order chi connectivity index (χ0) is 27.7. The first-order valence-corrected chi connectivity index (χ1v) is 13.1. The average molecular weight is 528 g/mol. The Bertz CT molecular complexity index is 1490. The van der Waals surface area contributed by atoms with E-state index in [1.807, 2.05) is 30.3 Å². The monoisotopic (exact) mass is 527 g/mol. The minimum atomic E-state index is -2.68. The fourth-order valence-corrected chi connectivity index (χ4v) is 5.38. The summed E-state index contributed by atoms with van der Waals surface area (Å²) in [6.45, 7) is 3.89. The van der Waals surface area contributed by atoms with Crippen LogP contribution in [0.15, 0.2) is 85.2 Å². The number of carbonyl (C=O) groups is 1. The third-order valence-electron chi connectivity index (χ3n) is 7.37. The Morgan fingerprint density at radius 3 is 2.36 bits per heavy atom. The largest absolute Gasteiger partial charge is 0.478 e. The fraction of sp³-hybridized carbons (Fsp3) is 0.250. The van der Waals surface area contributed by atoms with Crippen molar-refractivity contribution < 1.29 is 18.7 Å². The molecule has 3 aromatic carbocycles. The summed E-state index contributed by atoms with van der Waals surface area (Å²) in [5, 5.41) is 12.8. The van der Waals surface area contributed by atoms with Gasteiger partial charge < -0.3 is 10.0 Å². The van der Waals surface area contributed by atoms with Crippen molar-refractivity contribution in [2.75, 3.05) is 4.90 Å². The molecule has 0 saturated carbocycles. The molecule has 4 aromatic rings. The van der Waals surface area contributed by atoms with Crippen LogP contribution < -0.4 is 4.90 Å². The molecular weight excluding hydrogens is 496 g/mol. The molecule has 5 rings (SSSR count). The summed E-state index contributed by atoms with van der Waals surface area (Å²) in [6.07, 6.45) is 6.37. The number of anilines is 1. The molecule has 1 aliphatic heterocycles. The van der Waals surface area contributed by atoms with E-state index in [0.29, 0.717) is 16.2 Å². The topological polar surface area (TPSA) is 58.4 Å². The molecule has 1 N–H and O–H groups in total. The van der Waals surface area contributed by atoms with E-state index >= 15 is 0 Å². The lowest BCUT2D eigenvalue weighted by molar-refractivity contribution is -0.131. The maximum Gasteiger partial charge on any atom is 0.333 e. The lowest BCUT2D eigenvalue weighted by Crippen LogP contribution is -2.42. The summed E-state index contributed by atoms with van der Waals surface area (Å²) in [7, 11) is 0. The van der Waals surface area contributed by atoms with E-state index in [1.54, 1.807) is 6.08 Å². The van der Waals surface area contributed by atoms with Gasteiger partial charge in [0.15, 0.2) is 0 Å². The zero-order valence-corrected chi connectivity index (χ0v) is 22.1. The number of carboxylic acids is 1. The van der Waals surface area contributed by atoms with Gasteiger partial charge in [-0.15, -0.1) is 0 Å². The Morgan fingerprint density at radius 1 is 1.03 bits per heavy atom. The first kappa shape index (κ1) is 26.4. The molecular formula is C32H31F2N3O2. The SMILES string of the molecule is CC(C)c1ccc(N2[C@@H](c3ccc(/C=C/C(=O)O)cc3)c3ccc(-c4cnn(C(F)F)c4)cc3C[C@@H]2C)cc1. The Morgan fingerprint density at radius 2 is 1.74 bits per heavy atom. The maximum atomic E-state index is 13.1. The van der Waals surface area contributed by atoms with E-state index in [1.165, 1.54) is 23.5 Å². The molecule has 0 unspecified atom stereocenters. The van der Waals surface area contributed by atoms with Gasteiger partial charge in [-0.3, -0.25) is 0 Å². The van der Waals surface area contributed by atoms with Crippen molar-refractivity contribution in [1.82, 2.24) is 9.78 Å². The molecule has 0 bridgehead atoms. The lowest BCUT2D eigenvalue weighted by atomic mass is 9.83. The van der Waals surface area contributed by atoms with Crippen molar-refractivity contribution in [3.05, 3.63) is 113 Å². The Labute approximate surface area is 227 Å². The number of nitrogens with zero attached hydrogens (tertiary/aromatic N) is 3. The molecule has 39 heavy (non-hydrogen) atoms. The average Bonchev–Trinajstić information content (AvgIpc) is 3.42. The number of rotatable bonds is 7. The van der Waals surface area contributed by atoms with Crippen LogP contribution in [0.5, 0.6) is 0 Å². The Balaban J connectivity index is 1.58. The second kappa shape index (κ2) is 10.8. The van der Waals surface area contributed by atoms with Gasteiger partial charge >= 0.3 is 12.5 Å². The van der Waals surface area contributed by atoms with Crippen LogP contribution in [-0.4, -0.2) is 26.9 Å². The van der Waals surface area contributed by atoms with Crippen LogP contribution in [0.25, 0.3) is 17.2 Å². The first-order chi connectivity index (χ1) is 18.7. The highest BCUT2D eigenvalue weighted by molar-refractivity contribution is 5.85. The second-order valence-corrected chi connectivity index (χ2v) is 10.3. The van der Waals surface area contributed by atoms with Crippen LogP contribution in [0.3, 0.4) is 0 Å². The molecule has 0 amide bonds. The van der Waals surface area contributed by atoms with Crippen LogP contribution >= 0.6 is 0 Å². The molecule has 0 saturated heterocycles. The normalized spacial score (nSPS) is 17.3. The number of carboxylic acid groups (broad SMARTS) is 1. The number of hydrogen-bond acceptors (Lipinski definition) is 3. The predicted octanol–water partition coefficient (Wildman–Crippen LogP) is 7.71. The highest BCUT2D eigenvalue weighted by atomic mass is 19.3. The van der Waals surface area contributed by atoms with Gasteiger partial charge in [0, 0.05) is 29.6 Å². The Kier molecular flexibility index (Phi) is 7.33. The summed E-state index contributed by atoms with van der Waals surface area (Å²) < 4.78 is 26.9. The Hall–Kier alpha value is -4.26. The van der Waals surface area contributed by atoms with E-state index in [0.717, 1.165) is 40.4 Å². The summed E-state index contributed by atoms with van der Waals surface area (Å²) in [5.41, 5.74) is 8.13. The molecule has 5 nitrogen and oxygen atoms in total. The van der Waals surface area contributed by atoms with E-state index in [9.17, 15) is 13.6 Å². The lowest BCUT2D eigenvalue weighted by Gasteiger charge is -2.44. The number of aromatic nitrogens is 2. The van der Waals surface area contributed by atoms with Gasteiger partial charge in [-0.25, -0.2) is 9.48 Å². The van der Waals surface area contributed by atoms with Crippen LogP contribution in [-0.2, 0) is 11.2 Å². The number of hydrogen-bond donors (Lipinski definition) is 1. The van der Waals surface area contributed by atoms with Crippen molar-refractivity contribution in [2.45, 2.75) is 51.7 Å². The highest BCUT2D eigenvalue weighted by Crippen LogP contribution is 2.42. The summed E-state index contributed by atoms with van der Waals surface area (Å²) in [4.78, 5) is 13.4. The van der Waals surface area contributed by atoms with E-state index in [2.05, 4.69) is 67.2 Å². The molecule has 0 aliphatic carbocycles. The predicted molar refractivity (Wildman–Crippen MR) is 150 cm³/mol. The molecule has 2 heterocycles. The number of halogens is 2. The van der Waals surface area contributed by atoms with Crippen molar-refractivity contribution in [1.29, 1.82) is 0 Å². The molecule has 7 heteroatoms.